The minimum atomic E-state index is -4.57. The largest absolute Gasteiger partial charge is 0.492 e. The maximum atomic E-state index is 13.4. The van der Waals surface area contributed by atoms with Gasteiger partial charge in [-0.05, 0) is 62.8 Å². The third-order valence-corrected chi connectivity index (χ3v) is 5.33. The average molecular weight is 533 g/mol. The fraction of sp³-hybridized carbons (Fsp3) is 0.333. The van der Waals surface area contributed by atoms with Crippen molar-refractivity contribution >= 4 is 17.4 Å². The third kappa shape index (κ3) is 9.24. The molecular weight excluding hydrogens is 501 g/mol. The van der Waals surface area contributed by atoms with Crippen LogP contribution in [0.15, 0.2) is 60.8 Å². The number of aryl methyl sites for hydroxylation is 1. The highest BCUT2D eigenvalue weighted by molar-refractivity contribution is 5.87. The topological polar surface area (TPSA) is 87.2 Å². The molecule has 0 aliphatic heterocycles. The molecule has 204 valence electrons. The van der Waals surface area contributed by atoms with Crippen molar-refractivity contribution in [2.45, 2.75) is 25.9 Å². The Morgan fingerprint density at radius 1 is 1.03 bits per heavy atom. The van der Waals surface area contributed by atoms with E-state index < -0.39 is 11.7 Å². The number of hydrogen-bond acceptors (Lipinski definition) is 7. The normalized spacial score (nSPS) is 11.4. The minimum Gasteiger partial charge on any atom is -0.492 e. The zero-order valence-electron chi connectivity index (χ0n) is 21.5. The standard InChI is InChI=1S/C27H31F3N4O4/c1-19(35)32-26-18-24(9-10-31-26)38-23-8-4-6-20(14-23)7-5-11-34(36)22-15-21(27(28,29)30)16-25(17-22)37-13-12-33(2)3/h4,6,8-10,14-18,36H,5,7,11-13H2,1-3H3,(H,31,32,35). The number of hydroxylamine groups is 1. The van der Waals surface area contributed by atoms with Crippen LogP contribution < -0.4 is 19.9 Å². The molecule has 11 heteroatoms. The number of carbonyl (C=O) groups excluding carboxylic acids is 1. The van der Waals surface area contributed by atoms with Crippen molar-refractivity contribution in [1.82, 2.24) is 9.88 Å². The molecule has 0 saturated heterocycles. The van der Waals surface area contributed by atoms with E-state index in [1.165, 1.54) is 19.2 Å². The highest BCUT2D eigenvalue weighted by atomic mass is 19.4. The molecule has 0 aliphatic carbocycles. The van der Waals surface area contributed by atoms with Crippen LogP contribution in [0.25, 0.3) is 0 Å². The Bertz CT molecular complexity index is 1220. The molecule has 2 aromatic carbocycles. The Balaban J connectivity index is 1.61. The van der Waals surface area contributed by atoms with Gasteiger partial charge in [-0.3, -0.25) is 15.1 Å². The maximum absolute atomic E-state index is 13.4. The Morgan fingerprint density at radius 2 is 1.79 bits per heavy atom. The molecule has 0 aliphatic rings. The van der Waals surface area contributed by atoms with E-state index in [0.717, 1.165) is 22.8 Å². The van der Waals surface area contributed by atoms with Gasteiger partial charge >= 0.3 is 6.18 Å². The number of hydrogen-bond donors (Lipinski definition) is 2. The van der Waals surface area contributed by atoms with E-state index in [9.17, 15) is 23.2 Å². The quantitative estimate of drug-likeness (QED) is 0.293. The molecule has 1 amide bonds. The maximum Gasteiger partial charge on any atom is 0.416 e. The number of carbonyl (C=O) groups is 1. The van der Waals surface area contributed by atoms with Gasteiger partial charge in [0.05, 0.1) is 11.3 Å². The summed E-state index contributed by atoms with van der Waals surface area (Å²) in [7, 11) is 3.67. The molecule has 0 saturated carbocycles. The summed E-state index contributed by atoms with van der Waals surface area (Å²) in [4.78, 5) is 17.1. The van der Waals surface area contributed by atoms with Gasteiger partial charge in [0.15, 0.2) is 0 Å². The fourth-order valence-corrected chi connectivity index (χ4v) is 3.51. The Labute approximate surface area is 219 Å². The molecule has 38 heavy (non-hydrogen) atoms. The predicted octanol–water partition coefficient (Wildman–Crippen LogP) is 5.62. The van der Waals surface area contributed by atoms with Crippen LogP contribution in [0.5, 0.6) is 17.2 Å². The molecule has 1 aromatic heterocycles. The highest BCUT2D eigenvalue weighted by Crippen LogP contribution is 2.35. The summed E-state index contributed by atoms with van der Waals surface area (Å²) in [5.41, 5.74) is 0.0322. The lowest BCUT2D eigenvalue weighted by atomic mass is 10.1. The van der Waals surface area contributed by atoms with E-state index in [-0.39, 0.29) is 30.5 Å². The molecule has 0 radical (unpaired) electrons. The summed E-state index contributed by atoms with van der Waals surface area (Å²) in [6.45, 7) is 2.24. The lowest BCUT2D eigenvalue weighted by molar-refractivity contribution is -0.137. The van der Waals surface area contributed by atoms with E-state index in [2.05, 4.69) is 10.3 Å². The Hall–Kier alpha value is -3.83. The molecule has 2 N–H and O–H groups in total. The Kier molecular flexibility index (Phi) is 9.91. The zero-order valence-corrected chi connectivity index (χ0v) is 21.5. The molecule has 0 atom stereocenters. The number of rotatable bonds is 12. The van der Waals surface area contributed by atoms with Crippen molar-refractivity contribution in [3.05, 3.63) is 71.9 Å². The molecule has 1 heterocycles. The summed E-state index contributed by atoms with van der Waals surface area (Å²) in [5, 5.41) is 13.9. The average Bonchev–Trinajstić information content (AvgIpc) is 2.83. The van der Waals surface area contributed by atoms with Crippen LogP contribution in [-0.2, 0) is 17.4 Å². The number of halogens is 3. The van der Waals surface area contributed by atoms with Gasteiger partial charge in [0, 0.05) is 38.3 Å². The lowest BCUT2D eigenvalue weighted by Gasteiger charge is -2.20. The lowest BCUT2D eigenvalue weighted by Crippen LogP contribution is -2.22. The summed E-state index contributed by atoms with van der Waals surface area (Å²) in [5.74, 6) is 1.23. The first-order valence-corrected chi connectivity index (χ1v) is 12.0. The summed E-state index contributed by atoms with van der Waals surface area (Å²) >= 11 is 0. The number of alkyl halides is 3. The van der Waals surface area contributed by atoms with Crippen LogP contribution in [0.1, 0.15) is 24.5 Å². The first-order chi connectivity index (χ1) is 18.0. The number of nitrogens with zero attached hydrogens (tertiary/aromatic N) is 3. The van der Waals surface area contributed by atoms with Gasteiger partial charge in [0.25, 0.3) is 0 Å². The number of likely N-dealkylation sites (N-methyl/N-ethyl adjacent to an activating group) is 1. The van der Waals surface area contributed by atoms with E-state index in [0.29, 0.717) is 36.7 Å². The first-order valence-electron chi connectivity index (χ1n) is 12.0. The molecule has 3 aromatic rings. The number of nitrogens with one attached hydrogen (secondary N) is 1. The van der Waals surface area contributed by atoms with Crippen molar-refractivity contribution < 1.29 is 32.6 Å². The molecule has 0 bridgehead atoms. The summed E-state index contributed by atoms with van der Waals surface area (Å²) < 4.78 is 51.6. The molecule has 0 spiro atoms. The van der Waals surface area contributed by atoms with Crippen molar-refractivity contribution in [3.8, 4) is 17.2 Å². The van der Waals surface area contributed by atoms with Crippen LogP contribution in [0.2, 0.25) is 0 Å². The zero-order chi connectivity index (χ0) is 27.7. The molecular formula is C27H31F3N4O4. The van der Waals surface area contributed by atoms with Crippen LogP contribution in [0, 0.1) is 0 Å². The van der Waals surface area contributed by atoms with Crippen molar-refractivity contribution in [2.24, 2.45) is 0 Å². The summed E-state index contributed by atoms with van der Waals surface area (Å²) in [6, 6.07) is 13.8. The minimum absolute atomic E-state index is 0.00410. The van der Waals surface area contributed by atoms with Gasteiger partial charge in [-0.15, -0.1) is 0 Å². The van der Waals surface area contributed by atoms with Crippen LogP contribution in [-0.4, -0.2) is 54.8 Å². The van der Waals surface area contributed by atoms with E-state index in [1.54, 1.807) is 18.2 Å². The van der Waals surface area contributed by atoms with E-state index in [1.807, 2.05) is 37.2 Å². The van der Waals surface area contributed by atoms with Crippen LogP contribution in [0.4, 0.5) is 24.7 Å². The second-order valence-corrected chi connectivity index (χ2v) is 8.90. The first kappa shape index (κ1) is 28.7. The highest BCUT2D eigenvalue weighted by Gasteiger charge is 2.32. The van der Waals surface area contributed by atoms with Crippen molar-refractivity contribution in [2.75, 3.05) is 44.2 Å². The van der Waals surface area contributed by atoms with E-state index >= 15 is 0 Å². The number of aromatic nitrogens is 1. The SMILES string of the molecule is CC(=O)Nc1cc(Oc2cccc(CCCN(O)c3cc(OCCN(C)C)cc(C(F)(F)F)c3)c2)ccn1. The van der Waals surface area contributed by atoms with Crippen molar-refractivity contribution in [1.29, 1.82) is 0 Å². The molecule has 3 rings (SSSR count). The van der Waals surface area contributed by atoms with Crippen LogP contribution >= 0.6 is 0 Å². The second-order valence-electron chi connectivity index (χ2n) is 8.90. The number of ether oxygens (including phenoxy) is 2. The fourth-order valence-electron chi connectivity index (χ4n) is 3.51. The molecule has 0 unspecified atom stereocenters. The number of amides is 1. The van der Waals surface area contributed by atoms with Gasteiger partial charge in [-0.1, -0.05) is 12.1 Å². The van der Waals surface area contributed by atoms with Gasteiger partial charge in [-0.2, -0.15) is 13.2 Å². The van der Waals surface area contributed by atoms with Gasteiger partial charge in [-0.25, -0.2) is 4.98 Å². The number of anilines is 2. The monoisotopic (exact) mass is 532 g/mol. The smallest absolute Gasteiger partial charge is 0.416 e. The molecule has 0 fully saturated rings. The predicted molar refractivity (Wildman–Crippen MR) is 138 cm³/mol. The van der Waals surface area contributed by atoms with E-state index in [4.69, 9.17) is 9.47 Å². The number of pyridine rings is 1. The third-order valence-electron chi connectivity index (χ3n) is 5.33. The molecule has 8 nitrogen and oxygen atoms in total. The van der Waals surface area contributed by atoms with Crippen LogP contribution in [0.3, 0.4) is 0 Å². The van der Waals surface area contributed by atoms with Gasteiger partial charge in [0.1, 0.15) is 29.7 Å². The van der Waals surface area contributed by atoms with Gasteiger partial charge in [0.2, 0.25) is 5.91 Å². The Morgan fingerprint density at radius 3 is 2.50 bits per heavy atom. The number of benzene rings is 2. The van der Waals surface area contributed by atoms with Gasteiger partial charge < -0.3 is 19.7 Å². The summed E-state index contributed by atoms with van der Waals surface area (Å²) in [6.07, 6.45) is -2.04. The second kappa shape index (κ2) is 13.1. The van der Waals surface area contributed by atoms with Crippen molar-refractivity contribution in [3.63, 3.8) is 0 Å².